The molecule has 5 nitrogen and oxygen atoms in total. The van der Waals surface area contributed by atoms with Gasteiger partial charge in [0.25, 0.3) is 5.91 Å². The van der Waals surface area contributed by atoms with Gasteiger partial charge in [0.15, 0.2) is 0 Å². The molecule has 1 aromatic rings. The molecule has 1 heterocycles. The molecule has 0 saturated carbocycles. The Morgan fingerprint density at radius 2 is 1.95 bits per heavy atom. The van der Waals surface area contributed by atoms with E-state index in [-0.39, 0.29) is 5.91 Å². The number of rotatable bonds is 7. The lowest BCUT2D eigenvalue weighted by atomic mass is 10.1. The molecule has 2 N–H and O–H groups in total. The van der Waals surface area contributed by atoms with Gasteiger partial charge in [-0.05, 0) is 31.3 Å². The van der Waals surface area contributed by atoms with Gasteiger partial charge in [-0.15, -0.1) is 0 Å². The molecule has 0 aliphatic carbocycles. The monoisotopic (exact) mass is 304 g/mol. The summed E-state index contributed by atoms with van der Waals surface area (Å²) in [5.41, 5.74) is 1.96. The van der Waals surface area contributed by atoms with Crippen LogP contribution in [0.2, 0.25) is 0 Å². The second-order valence-corrected chi connectivity index (χ2v) is 5.89. The number of likely N-dealkylation sites (N-methyl/N-ethyl adjacent to an activating group) is 2. The Morgan fingerprint density at radius 3 is 2.68 bits per heavy atom. The van der Waals surface area contributed by atoms with Crippen molar-refractivity contribution in [2.75, 3.05) is 52.9 Å². The Bertz CT molecular complexity index is 469. The van der Waals surface area contributed by atoms with Crippen LogP contribution < -0.4 is 10.6 Å². The zero-order valence-corrected chi connectivity index (χ0v) is 13.8. The van der Waals surface area contributed by atoms with Crippen LogP contribution in [-0.4, -0.2) is 68.6 Å². The molecule has 0 spiro atoms. The number of nitrogens with one attached hydrogen (secondary N) is 2. The summed E-state index contributed by atoms with van der Waals surface area (Å²) in [5.74, 6) is 0.0122. The molecule has 0 radical (unpaired) electrons. The molecular weight excluding hydrogens is 276 g/mol. The van der Waals surface area contributed by atoms with E-state index in [1.165, 1.54) is 5.56 Å². The highest BCUT2D eigenvalue weighted by Gasteiger charge is 2.14. The maximum Gasteiger partial charge on any atom is 0.251 e. The highest BCUT2D eigenvalue weighted by Crippen LogP contribution is 2.10. The van der Waals surface area contributed by atoms with Crippen molar-refractivity contribution in [2.24, 2.45) is 0 Å². The van der Waals surface area contributed by atoms with Crippen LogP contribution in [0.25, 0.3) is 0 Å². The fraction of sp³-hybridized carbons (Fsp3) is 0.588. The molecule has 0 bridgehead atoms. The van der Waals surface area contributed by atoms with E-state index in [0.717, 1.165) is 51.4 Å². The van der Waals surface area contributed by atoms with Crippen molar-refractivity contribution in [3.8, 4) is 0 Å². The summed E-state index contributed by atoms with van der Waals surface area (Å²) in [6, 6.07) is 7.98. The molecule has 0 atom stereocenters. The largest absolute Gasteiger partial charge is 0.351 e. The number of amides is 1. The summed E-state index contributed by atoms with van der Waals surface area (Å²) in [5, 5.41) is 6.15. The van der Waals surface area contributed by atoms with Crippen molar-refractivity contribution < 1.29 is 4.79 Å². The molecule has 2 rings (SSSR count). The van der Waals surface area contributed by atoms with Gasteiger partial charge >= 0.3 is 0 Å². The lowest BCUT2D eigenvalue weighted by molar-refractivity contribution is 0.0953. The van der Waals surface area contributed by atoms with E-state index >= 15 is 0 Å². The Balaban J connectivity index is 1.85. The smallest absolute Gasteiger partial charge is 0.251 e. The molecule has 1 saturated heterocycles. The summed E-state index contributed by atoms with van der Waals surface area (Å²) >= 11 is 0. The number of carbonyl (C=O) groups is 1. The van der Waals surface area contributed by atoms with Crippen LogP contribution in [0.4, 0.5) is 0 Å². The highest BCUT2D eigenvalue weighted by atomic mass is 16.1. The Kier molecular flexibility index (Phi) is 6.83. The first-order valence-corrected chi connectivity index (χ1v) is 8.18. The molecular formula is C17H28N4O. The van der Waals surface area contributed by atoms with Gasteiger partial charge in [-0.1, -0.05) is 19.1 Å². The number of nitrogens with zero attached hydrogens (tertiary/aromatic N) is 2. The zero-order valence-electron chi connectivity index (χ0n) is 13.8. The average Bonchev–Trinajstić information content (AvgIpc) is 2.54. The van der Waals surface area contributed by atoms with Crippen molar-refractivity contribution in [1.29, 1.82) is 0 Å². The molecule has 0 unspecified atom stereocenters. The van der Waals surface area contributed by atoms with Crippen LogP contribution in [0.15, 0.2) is 24.3 Å². The number of hydrogen-bond donors (Lipinski definition) is 2. The molecule has 5 heteroatoms. The molecule has 0 aromatic heterocycles. The van der Waals surface area contributed by atoms with Gasteiger partial charge in [-0.25, -0.2) is 0 Å². The third-order valence-corrected chi connectivity index (χ3v) is 4.03. The molecule has 1 amide bonds. The van der Waals surface area contributed by atoms with E-state index in [1.54, 1.807) is 0 Å². The second-order valence-electron chi connectivity index (χ2n) is 5.89. The highest BCUT2D eigenvalue weighted by molar-refractivity contribution is 5.94. The maximum absolute atomic E-state index is 12.1. The zero-order chi connectivity index (χ0) is 15.8. The molecule has 1 aromatic carbocycles. The summed E-state index contributed by atoms with van der Waals surface area (Å²) in [6.07, 6.45) is 0. The van der Waals surface area contributed by atoms with E-state index in [9.17, 15) is 4.79 Å². The third-order valence-electron chi connectivity index (χ3n) is 4.03. The first-order valence-electron chi connectivity index (χ1n) is 8.18. The van der Waals surface area contributed by atoms with E-state index in [4.69, 9.17) is 0 Å². The minimum Gasteiger partial charge on any atom is -0.351 e. The fourth-order valence-corrected chi connectivity index (χ4v) is 2.62. The van der Waals surface area contributed by atoms with Crippen LogP contribution in [-0.2, 0) is 6.54 Å². The van der Waals surface area contributed by atoms with Crippen LogP contribution in [0.3, 0.4) is 0 Å². The van der Waals surface area contributed by atoms with Gasteiger partial charge in [0.05, 0.1) is 0 Å². The Labute approximate surface area is 133 Å². The number of piperazine rings is 1. The fourth-order valence-electron chi connectivity index (χ4n) is 2.62. The van der Waals surface area contributed by atoms with E-state index < -0.39 is 0 Å². The quantitative estimate of drug-likeness (QED) is 0.731. The number of hydrogen-bond acceptors (Lipinski definition) is 4. The predicted molar refractivity (Wildman–Crippen MR) is 90.1 cm³/mol. The lowest BCUT2D eigenvalue weighted by Gasteiger charge is -2.32. The minimum atomic E-state index is 0.0122. The number of benzene rings is 1. The van der Waals surface area contributed by atoms with Crippen LogP contribution in [0, 0.1) is 0 Å². The molecule has 1 fully saturated rings. The Hall–Kier alpha value is -1.43. The normalized spacial score (nSPS) is 16.6. The summed E-state index contributed by atoms with van der Waals surface area (Å²) in [7, 11) is 2.16. The van der Waals surface area contributed by atoms with Gasteiger partial charge in [-0.3, -0.25) is 9.69 Å². The van der Waals surface area contributed by atoms with Gasteiger partial charge < -0.3 is 15.5 Å². The molecule has 1 aliphatic rings. The first kappa shape index (κ1) is 16.9. The van der Waals surface area contributed by atoms with Crippen molar-refractivity contribution in [1.82, 2.24) is 20.4 Å². The van der Waals surface area contributed by atoms with Crippen LogP contribution in [0.5, 0.6) is 0 Å². The van der Waals surface area contributed by atoms with Crippen molar-refractivity contribution in [2.45, 2.75) is 13.5 Å². The second kappa shape index (κ2) is 8.88. The molecule has 22 heavy (non-hydrogen) atoms. The van der Waals surface area contributed by atoms with Gasteiger partial charge in [0.2, 0.25) is 0 Å². The SMILES string of the molecule is CCNCCNC(=O)c1cccc(CN2CCN(C)CC2)c1. The predicted octanol–water partition coefficient (Wildman–Crippen LogP) is 0.773. The molecule has 122 valence electrons. The summed E-state index contributed by atoms with van der Waals surface area (Å²) in [4.78, 5) is 16.9. The maximum atomic E-state index is 12.1. The minimum absolute atomic E-state index is 0.0122. The summed E-state index contributed by atoms with van der Waals surface area (Å²) < 4.78 is 0. The van der Waals surface area contributed by atoms with E-state index in [0.29, 0.717) is 6.54 Å². The average molecular weight is 304 g/mol. The lowest BCUT2D eigenvalue weighted by Crippen LogP contribution is -2.43. The standard InChI is InChI=1S/C17H28N4O/c1-3-18-7-8-19-17(22)16-6-4-5-15(13-16)14-21-11-9-20(2)10-12-21/h4-6,13,18H,3,7-12,14H2,1-2H3,(H,19,22). The van der Waals surface area contributed by atoms with Gasteiger partial charge in [0, 0.05) is 51.4 Å². The van der Waals surface area contributed by atoms with Crippen molar-refractivity contribution in [3.05, 3.63) is 35.4 Å². The van der Waals surface area contributed by atoms with Crippen molar-refractivity contribution >= 4 is 5.91 Å². The first-order chi connectivity index (χ1) is 10.7. The number of carbonyl (C=O) groups excluding carboxylic acids is 1. The van der Waals surface area contributed by atoms with Gasteiger partial charge in [-0.2, -0.15) is 0 Å². The summed E-state index contributed by atoms with van der Waals surface area (Å²) in [6.45, 7) is 9.80. The van der Waals surface area contributed by atoms with E-state index in [1.807, 2.05) is 18.2 Å². The topological polar surface area (TPSA) is 47.6 Å². The Morgan fingerprint density at radius 1 is 1.18 bits per heavy atom. The van der Waals surface area contributed by atoms with Crippen molar-refractivity contribution in [3.63, 3.8) is 0 Å². The molecule has 1 aliphatic heterocycles. The van der Waals surface area contributed by atoms with Crippen LogP contribution >= 0.6 is 0 Å². The van der Waals surface area contributed by atoms with Gasteiger partial charge in [0.1, 0.15) is 0 Å². The van der Waals surface area contributed by atoms with E-state index in [2.05, 4.69) is 40.5 Å². The van der Waals surface area contributed by atoms with Crippen LogP contribution in [0.1, 0.15) is 22.8 Å². The third kappa shape index (κ3) is 5.40.